The van der Waals surface area contributed by atoms with Crippen LogP contribution in [0.2, 0.25) is 5.02 Å². The van der Waals surface area contributed by atoms with Gasteiger partial charge in [0.1, 0.15) is 0 Å². The van der Waals surface area contributed by atoms with E-state index in [4.69, 9.17) is 11.6 Å². The minimum Gasteiger partial charge on any atom is -0.356 e. The summed E-state index contributed by atoms with van der Waals surface area (Å²) in [6.07, 6.45) is 0. The van der Waals surface area contributed by atoms with Crippen LogP contribution in [0, 0.1) is 0 Å². The smallest absolute Gasteiger partial charge is 0.191 e. The number of nitrogens with zero attached hydrogens (tertiary/aromatic N) is 1. The number of halogens is 2. The molecule has 0 spiro atoms. The molecule has 0 atom stereocenters. The topological polar surface area (TPSA) is 70.6 Å². The fourth-order valence-corrected chi connectivity index (χ4v) is 3.58. The summed E-state index contributed by atoms with van der Waals surface area (Å²) in [6, 6.07) is 7.70. The molecule has 9 heteroatoms. The van der Waals surface area contributed by atoms with Crippen molar-refractivity contribution in [1.82, 2.24) is 10.6 Å². The lowest BCUT2D eigenvalue weighted by Crippen LogP contribution is -2.42. The maximum atomic E-state index is 12.1. The van der Waals surface area contributed by atoms with Crippen LogP contribution in [0.3, 0.4) is 0 Å². The van der Waals surface area contributed by atoms with Crippen LogP contribution >= 0.6 is 47.3 Å². The van der Waals surface area contributed by atoms with Crippen molar-refractivity contribution < 1.29 is 8.42 Å². The van der Waals surface area contributed by atoms with Crippen LogP contribution in [0.4, 0.5) is 0 Å². The quantitative estimate of drug-likeness (QED) is 0.190. The highest BCUT2D eigenvalue weighted by Gasteiger charge is 2.28. The maximum Gasteiger partial charge on any atom is 0.191 e. The second-order valence-electron chi connectivity index (χ2n) is 6.16. The van der Waals surface area contributed by atoms with E-state index in [0.29, 0.717) is 12.5 Å². The Labute approximate surface area is 177 Å². The molecule has 5 nitrogen and oxygen atoms in total. The fraction of sp³-hybridized carbons (Fsp3) is 0.562. The number of sulfone groups is 1. The maximum absolute atomic E-state index is 12.1. The van der Waals surface area contributed by atoms with Gasteiger partial charge < -0.3 is 10.6 Å². The molecule has 144 valence electrons. The number of nitrogens with one attached hydrogen (secondary N) is 2. The molecule has 0 saturated heterocycles. The van der Waals surface area contributed by atoms with E-state index in [1.54, 1.807) is 39.6 Å². The van der Waals surface area contributed by atoms with Crippen molar-refractivity contribution in [3.63, 3.8) is 0 Å². The predicted octanol–water partition coefficient (Wildman–Crippen LogP) is 3.43. The molecule has 0 aliphatic rings. The fourth-order valence-electron chi connectivity index (χ4n) is 1.70. The number of benzene rings is 1. The van der Waals surface area contributed by atoms with Crippen LogP contribution in [0.25, 0.3) is 0 Å². The van der Waals surface area contributed by atoms with Crippen molar-refractivity contribution in [3.05, 3.63) is 29.3 Å². The second-order valence-corrected chi connectivity index (χ2v) is 10.6. The van der Waals surface area contributed by atoms with E-state index in [1.165, 1.54) is 0 Å². The van der Waals surface area contributed by atoms with E-state index in [-0.39, 0.29) is 29.7 Å². The number of aliphatic imine (C=N–C) groups is 1. The van der Waals surface area contributed by atoms with Gasteiger partial charge in [-0.15, -0.1) is 35.7 Å². The van der Waals surface area contributed by atoms with Crippen molar-refractivity contribution in [2.24, 2.45) is 4.99 Å². The van der Waals surface area contributed by atoms with Crippen molar-refractivity contribution in [2.75, 3.05) is 31.6 Å². The summed E-state index contributed by atoms with van der Waals surface area (Å²) in [7, 11) is -1.46. The summed E-state index contributed by atoms with van der Waals surface area (Å²) in [5.74, 6) is 1.55. The molecule has 1 aromatic rings. The van der Waals surface area contributed by atoms with Gasteiger partial charge in [-0.1, -0.05) is 11.6 Å². The molecule has 0 amide bonds. The van der Waals surface area contributed by atoms with Gasteiger partial charge >= 0.3 is 0 Å². The summed E-state index contributed by atoms with van der Waals surface area (Å²) < 4.78 is 23.4. The van der Waals surface area contributed by atoms with Crippen molar-refractivity contribution >= 4 is 63.1 Å². The molecule has 0 fully saturated rings. The lowest BCUT2D eigenvalue weighted by Gasteiger charge is -2.19. The Hall–Kier alpha value is -0.190. The summed E-state index contributed by atoms with van der Waals surface area (Å²) in [5, 5.41) is 6.94. The summed E-state index contributed by atoms with van der Waals surface area (Å²) in [4.78, 5) is 5.25. The molecule has 2 N–H and O–H groups in total. The minimum atomic E-state index is -3.13. The van der Waals surface area contributed by atoms with Gasteiger partial charge in [0, 0.05) is 35.8 Å². The number of hydrogen-bond acceptors (Lipinski definition) is 4. The first kappa shape index (κ1) is 24.8. The van der Waals surface area contributed by atoms with Crippen LogP contribution in [0.1, 0.15) is 20.8 Å². The van der Waals surface area contributed by atoms with E-state index in [1.807, 2.05) is 24.3 Å². The lowest BCUT2D eigenvalue weighted by atomic mass is 10.3. The molecule has 1 rings (SSSR count). The van der Waals surface area contributed by atoms with Crippen LogP contribution < -0.4 is 10.6 Å². The van der Waals surface area contributed by atoms with Crippen LogP contribution in [0.5, 0.6) is 0 Å². The first-order valence-corrected chi connectivity index (χ1v) is 10.7. The van der Waals surface area contributed by atoms with Crippen LogP contribution in [-0.4, -0.2) is 50.8 Å². The molecule has 0 radical (unpaired) electrons. The Kier molecular flexibility index (Phi) is 11.4. The molecule has 0 heterocycles. The van der Waals surface area contributed by atoms with Crippen LogP contribution in [0.15, 0.2) is 34.2 Å². The molecule has 0 aliphatic carbocycles. The minimum absolute atomic E-state index is 0. The highest BCUT2D eigenvalue weighted by atomic mass is 127. The van der Waals surface area contributed by atoms with Gasteiger partial charge in [0.2, 0.25) is 0 Å². The third-order valence-corrected chi connectivity index (χ3v) is 7.17. The van der Waals surface area contributed by atoms with Gasteiger partial charge in [0.05, 0.1) is 10.5 Å². The highest BCUT2D eigenvalue weighted by Crippen LogP contribution is 2.19. The number of hydrogen-bond donors (Lipinski definition) is 2. The third-order valence-electron chi connectivity index (χ3n) is 3.30. The van der Waals surface area contributed by atoms with E-state index >= 15 is 0 Å². The van der Waals surface area contributed by atoms with Gasteiger partial charge in [-0.3, -0.25) is 4.99 Å². The first-order valence-electron chi connectivity index (χ1n) is 7.71. The standard InChI is InChI=1S/C16H26ClN3O2S2.HI/c1-16(2,3)24(21,22)12-10-20-15(18-4)19-9-11-23-14-7-5-13(17)6-8-14;/h5-8H,9-12H2,1-4H3,(H2,18,19,20);1H. The Morgan fingerprint density at radius 1 is 1.16 bits per heavy atom. The molecule has 0 bridgehead atoms. The van der Waals surface area contributed by atoms with E-state index in [2.05, 4.69) is 15.6 Å². The summed E-state index contributed by atoms with van der Waals surface area (Å²) in [6.45, 7) is 6.19. The Balaban J connectivity index is 0.00000576. The van der Waals surface area contributed by atoms with Gasteiger partial charge in [0.15, 0.2) is 15.8 Å². The van der Waals surface area contributed by atoms with Crippen molar-refractivity contribution in [3.8, 4) is 0 Å². The average Bonchev–Trinajstić information content (AvgIpc) is 2.50. The molecule has 1 aromatic carbocycles. The largest absolute Gasteiger partial charge is 0.356 e. The van der Waals surface area contributed by atoms with Crippen molar-refractivity contribution in [1.29, 1.82) is 0 Å². The second kappa shape index (κ2) is 11.5. The molecule has 0 aliphatic heterocycles. The molecule has 0 saturated carbocycles. The van der Waals surface area contributed by atoms with Crippen LogP contribution in [-0.2, 0) is 9.84 Å². The monoisotopic (exact) mass is 519 g/mol. The van der Waals surface area contributed by atoms with Gasteiger partial charge in [-0.25, -0.2) is 8.42 Å². The SMILES string of the molecule is CN=C(NCCSc1ccc(Cl)cc1)NCCS(=O)(=O)C(C)(C)C.I. The molecular weight excluding hydrogens is 493 g/mol. The Morgan fingerprint density at radius 2 is 1.72 bits per heavy atom. The average molecular weight is 520 g/mol. The Morgan fingerprint density at radius 3 is 2.24 bits per heavy atom. The molecule has 0 unspecified atom stereocenters. The third kappa shape index (κ3) is 9.35. The summed E-state index contributed by atoms with van der Waals surface area (Å²) in [5.41, 5.74) is 0. The number of guanidine groups is 1. The molecule has 25 heavy (non-hydrogen) atoms. The van der Waals surface area contributed by atoms with Gasteiger partial charge in [0.25, 0.3) is 0 Å². The highest BCUT2D eigenvalue weighted by molar-refractivity contribution is 14.0. The van der Waals surface area contributed by atoms with Gasteiger partial charge in [-0.2, -0.15) is 0 Å². The number of rotatable bonds is 7. The van der Waals surface area contributed by atoms with E-state index in [0.717, 1.165) is 22.2 Å². The van der Waals surface area contributed by atoms with E-state index in [9.17, 15) is 8.42 Å². The lowest BCUT2D eigenvalue weighted by molar-refractivity contribution is 0.559. The van der Waals surface area contributed by atoms with E-state index < -0.39 is 14.6 Å². The normalized spacial score (nSPS) is 12.4. The van der Waals surface area contributed by atoms with Gasteiger partial charge in [-0.05, 0) is 45.0 Å². The summed E-state index contributed by atoms with van der Waals surface area (Å²) >= 11 is 7.57. The Bertz CT molecular complexity index is 644. The zero-order valence-corrected chi connectivity index (χ0v) is 19.7. The molecular formula is C16H27ClIN3O2S2. The zero-order chi connectivity index (χ0) is 18.2. The number of thioether (sulfide) groups is 1. The van der Waals surface area contributed by atoms with Crippen molar-refractivity contribution in [2.45, 2.75) is 30.4 Å². The first-order chi connectivity index (χ1) is 11.2. The zero-order valence-electron chi connectivity index (χ0n) is 15.0. The predicted molar refractivity (Wildman–Crippen MR) is 120 cm³/mol. The molecule has 0 aromatic heterocycles.